The van der Waals surface area contributed by atoms with Gasteiger partial charge < -0.3 is 5.11 Å². The van der Waals surface area contributed by atoms with E-state index in [0.29, 0.717) is 0 Å². The number of hydrogen-bond acceptors (Lipinski definition) is 1. The van der Waals surface area contributed by atoms with Gasteiger partial charge in [0.25, 0.3) is 0 Å². The third kappa shape index (κ3) is 2.43. The molecular formula is C14H15ClO. The van der Waals surface area contributed by atoms with Crippen LogP contribution in [0.2, 0.25) is 0 Å². The first kappa shape index (κ1) is 12.8. The summed E-state index contributed by atoms with van der Waals surface area (Å²) in [6.07, 6.45) is 0. The summed E-state index contributed by atoms with van der Waals surface area (Å²) >= 11 is 0. The van der Waals surface area contributed by atoms with Crippen LogP contribution in [-0.2, 0) is 5.60 Å². The van der Waals surface area contributed by atoms with Gasteiger partial charge in [-0.2, -0.15) is 0 Å². The minimum atomic E-state index is -0.914. The van der Waals surface area contributed by atoms with E-state index in [9.17, 15) is 5.11 Å². The molecule has 2 heteroatoms. The first-order valence-electron chi connectivity index (χ1n) is 5.04. The van der Waals surface area contributed by atoms with Crippen LogP contribution in [0.4, 0.5) is 0 Å². The van der Waals surface area contributed by atoms with Gasteiger partial charge in [-0.3, -0.25) is 0 Å². The van der Waals surface area contributed by atoms with Crippen LogP contribution in [0.15, 0.2) is 60.7 Å². The molecule has 0 saturated heterocycles. The van der Waals surface area contributed by atoms with Crippen LogP contribution in [0, 0.1) is 0 Å². The van der Waals surface area contributed by atoms with E-state index in [2.05, 4.69) is 0 Å². The molecule has 16 heavy (non-hydrogen) atoms. The van der Waals surface area contributed by atoms with E-state index >= 15 is 0 Å². The van der Waals surface area contributed by atoms with Gasteiger partial charge in [0.15, 0.2) is 0 Å². The van der Waals surface area contributed by atoms with Crippen LogP contribution in [-0.4, -0.2) is 5.11 Å². The minimum Gasteiger partial charge on any atom is -0.381 e. The number of halogens is 1. The Balaban J connectivity index is 0.00000128. The molecule has 0 heterocycles. The summed E-state index contributed by atoms with van der Waals surface area (Å²) in [4.78, 5) is 0. The lowest BCUT2D eigenvalue weighted by Crippen LogP contribution is -2.22. The zero-order valence-electron chi connectivity index (χ0n) is 9.13. The zero-order chi connectivity index (χ0) is 10.7. The van der Waals surface area contributed by atoms with Gasteiger partial charge in [-0.05, 0) is 18.1 Å². The van der Waals surface area contributed by atoms with Crippen molar-refractivity contribution in [3.05, 3.63) is 71.8 Å². The van der Waals surface area contributed by atoms with E-state index in [1.54, 1.807) is 0 Å². The molecular weight excluding hydrogens is 220 g/mol. The molecule has 0 amide bonds. The highest BCUT2D eigenvalue weighted by Gasteiger charge is 2.24. The lowest BCUT2D eigenvalue weighted by Gasteiger charge is -2.24. The molecule has 0 bridgehead atoms. The maximum atomic E-state index is 10.5. The lowest BCUT2D eigenvalue weighted by molar-refractivity contribution is 0.102. The highest BCUT2D eigenvalue weighted by atomic mass is 35.5. The molecule has 2 aromatic carbocycles. The Morgan fingerprint density at radius 3 is 1.38 bits per heavy atom. The summed E-state index contributed by atoms with van der Waals surface area (Å²) in [7, 11) is 0. The Bertz CT molecular complexity index is 382. The molecule has 2 rings (SSSR count). The molecule has 0 aliphatic carbocycles. The number of aliphatic hydroxyl groups is 1. The maximum Gasteiger partial charge on any atom is 0.112 e. The van der Waals surface area contributed by atoms with E-state index in [1.807, 2.05) is 67.6 Å². The Kier molecular flexibility index (Phi) is 4.11. The fourth-order valence-corrected chi connectivity index (χ4v) is 1.69. The van der Waals surface area contributed by atoms with E-state index in [-0.39, 0.29) is 12.4 Å². The Labute approximate surface area is 102 Å². The molecule has 0 spiro atoms. The van der Waals surface area contributed by atoms with Crippen LogP contribution in [0.5, 0.6) is 0 Å². The smallest absolute Gasteiger partial charge is 0.112 e. The molecule has 2 aromatic rings. The van der Waals surface area contributed by atoms with Crippen molar-refractivity contribution in [2.45, 2.75) is 12.5 Å². The van der Waals surface area contributed by atoms with Gasteiger partial charge in [-0.25, -0.2) is 0 Å². The molecule has 0 atom stereocenters. The molecule has 1 N–H and O–H groups in total. The Morgan fingerprint density at radius 1 is 0.750 bits per heavy atom. The van der Waals surface area contributed by atoms with Gasteiger partial charge in [0.1, 0.15) is 5.60 Å². The number of benzene rings is 2. The van der Waals surface area contributed by atoms with Crippen molar-refractivity contribution >= 4 is 12.4 Å². The first-order chi connectivity index (χ1) is 7.21. The van der Waals surface area contributed by atoms with Crippen molar-refractivity contribution in [1.82, 2.24) is 0 Å². The molecule has 0 aromatic heterocycles. The predicted octanol–water partition coefficient (Wildman–Crippen LogP) is 3.36. The minimum absolute atomic E-state index is 0. The van der Waals surface area contributed by atoms with Crippen molar-refractivity contribution in [2.75, 3.05) is 0 Å². The lowest BCUT2D eigenvalue weighted by atomic mass is 9.88. The van der Waals surface area contributed by atoms with E-state index in [4.69, 9.17) is 0 Å². The fourth-order valence-electron chi connectivity index (χ4n) is 1.69. The molecule has 84 valence electrons. The largest absolute Gasteiger partial charge is 0.381 e. The number of rotatable bonds is 2. The van der Waals surface area contributed by atoms with Crippen molar-refractivity contribution < 1.29 is 5.11 Å². The van der Waals surface area contributed by atoms with E-state index < -0.39 is 5.60 Å². The molecule has 0 saturated carbocycles. The second-order valence-electron chi connectivity index (χ2n) is 3.80. The Morgan fingerprint density at radius 2 is 1.06 bits per heavy atom. The molecule has 0 fully saturated rings. The van der Waals surface area contributed by atoms with Gasteiger partial charge in [-0.1, -0.05) is 60.7 Å². The van der Waals surface area contributed by atoms with E-state index in [0.717, 1.165) is 11.1 Å². The topological polar surface area (TPSA) is 20.2 Å². The van der Waals surface area contributed by atoms with Crippen LogP contribution >= 0.6 is 12.4 Å². The van der Waals surface area contributed by atoms with E-state index in [1.165, 1.54) is 0 Å². The standard InChI is InChI=1S/C14H14O.ClH/c1-14(15,12-8-4-2-5-9-12)13-10-6-3-7-11-13;/h2-11,15H,1H3;1H. The molecule has 0 aliphatic rings. The SMILES string of the molecule is CC(O)(c1ccccc1)c1ccccc1.Cl. The Hall–Kier alpha value is -1.31. The maximum absolute atomic E-state index is 10.5. The van der Waals surface area contributed by atoms with Crippen LogP contribution < -0.4 is 0 Å². The van der Waals surface area contributed by atoms with Crippen molar-refractivity contribution in [2.24, 2.45) is 0 Å². The zero-order valence-corrected chi connectivity index (χ0v) is 9.95. The summed E-state index contributed by atoms with van der Waals surface area (Å²) in [6, 6.07) is 19.4. The van der Waals surface area contributed by atoms with Gasteiger partial charge >= 0.3 is 0 Å². The average molecular weight is 235 g/mol. The van der Waals surface area contributed by atoms with Gasteiger partial charge in [0.2, 0.25) is 0 Å². The van der Waals surface area contributed by atoms with Crippen LogP contribution in [0.1, 0.15) is 18.1 Å². The van der Waals surface area contributed by atoms with Crippen LogP contribution in [0.25, 0.3) is 0 Å². The van der Waals surface area contributed by atoms with Gasteiger partial charge in [-0.15, -0.1) is 12.4 Å². The van der Waals surface area contributed by atoms with Crippen molar-refractivity contribution in [3.63, 3.8) is 0 Å². The van der Waals surface area contributed by atoms with Crippen molar-refractivity contribution in [3.8, 4) is 0 Å². The number of hydrogen-bond donors (Lipinski definition) is 1. The van der Waals surface area contributed by atoms with Gasteiger partial charge in [0, 0.05) is 0 Å². The summed E-state index contributed by atoms with van der Waals surface area (Å²) in [6.45, 7) is 1.82. The summed E-state index contributed by atoms with van der Waals surface area (Å²) in [5.41, 5.74) is 0.912. The van der Waals surface area contributed by atoms with Crippen molar-refractivity contribution in [1.29, 1.82) is 0 Å². The molecule has 0 unspecified atom stereocenters. The summed E-state index contributed by atoms with van der Waals surface area (Å²) in [5, 5.41) is 10.5. The molecule has 1 nitrogen and oxygen atoms in total. The highest BCUT2D eigenvalue weighted by molar-refractivity contribution is 5.85. The molecule has 0 radical (unpaired) electrons. The fraction of sp³-hybridized carbons (Fsp3) is 0.143. The highest BCUT2D eigenvalue weighted by Crippen LogP contribution is 2.28. The second-order valence-corrected chi connectivity index (χ2v) is 3.80. The predicted molar refractivity (Wildman–Crippen MR) is 68.8 cm³/mol. The third-order valence-electron chi connectivity index (χ3n) is 2.67. The second kappa shape index (κ2) is 5.15. The quantitative estimate of drug-likeness (QED) is 0.845. The molecule has 0 aliphatic heterocycles. The van der Waals surface area contributed by atoms with Crippen LogP contribution in [0.3, 0.4) is 0 Å². The monoisotopic (exact) mass is 234 g/mol. The van der Waals surface area contributed by atoms with Gasteiger partial charge in [0.05, 0.1) is 0 Å². The third-order valence-corrected chi connectivity index (χ3v) is 2.67. The average Bonchev–Trinajstić information content (AvgIpc) is 2.31. The summed E-state index contributed by atoms with van der Waals surface area (Å²) < 4.78 is 0. The first-order valence-corrected chi connectivity index (χ1v) is 5.04. The summed E-state index contributed by atoms with van der Waals surface area (Å²) in [5.74, 6) is 0. The normalized spacial score (nSPS) is 10.6.